The molecule has 20 heavy (non-hydrogen) atoms. The first-order valence-electron chi connectivity index (χ1n) is 6.66. The van der Waals surface area contributed by atoms with Crippen LogP contribution in [-0.2, 0) is 18.4 Å². The number of fused-ring (bicyclic) bond motifs is 1. The lowest BCUT2D eigenvalue weighted by Gasteiger charge is -2.10. The standard InChI is InChI=1S/C14H17N5O/c1-19-9-17-18-13(19)8-16-14(20)6-10-7-15-12-5-3-2-4-11(10)12/h2-5,9-10,15H,6-8H2,1H3,(H,16,20). The van der Waals surface area contributed by atoms with Gasteiger partial charge in [0, 0.05) is 31.6 Å². The van der Waals surface area contributed by atoms with E-state index < -0.39 is 0 Å². The molecule has 2 N–H and O–H groups in total. The molecular formula is C14H17N5O. The van der Waals surface area contributed by atoms with Crippen molar-refractivity contribution in [3.8, 4) is 0 Å². The maximum atomic E-state index is 12.0. The highest BCUT2D eigenvalue weighted by Crippen LogP contribution is 2.32. The third kappa shape index (κ3) is 2.49. The summed E-state index contributed by atoms with van der Waals surface area (Å²) in [6, 6.07) is 8.14. The number of hydrogen-bond acceptors (Lipinski definition) is 4. The van der Waals surface area contributed by atoms with E-state index >= 15 is 0 Å². The molecule has 1 aliphatic rings. The van der Waals surface area contributed by atoms with Crippen molar-refractivity contribution in [3.05, 3.63) is 42.0 Å². The van der Waals surface area contributed by atoms with Crippen LogP contribution in [0.5, 0.6) is 0 Å². The van der Waals surface area contributed by atoms with Crippen LogP contribution in [0.1, 0.15) is 23.7 Å². The zero-order chi connectivity index (χ0) is 13.9. The Bertz CT molecular complexity index is 622. The summed E-state index contributed by atoms with van der Waals surface area (Å²) in [5, 5.41) is 13.9. The Morgan fingerprint density at radius 3 is 3.15 bits per heavy atom. The lowest BCUT2D eigenvalue weighted by molar-refractivity contribution is -0.121. The van der Waals surface area contributed by atoms with Gasteiger partial charge >= 0.3 is 0 Å². The summed E-state index contributed by atoms with van der Waals surface area (Å²) in [4.78, 5) is 12.0. The first kappa shape index (κ1) is 12.7. The molecule has 2 aromatic rings. The highest BCUT2D eigenvalue weighted by atomic mass is 16.1. The molecule has 0 saturated heterocycles. The topological polar surface area (TPSA) is 71.8 Å². The Kier molecular flexibility index (Phi) is 3.37. The highest BCUT2D eigenvalue weighted by molar-refractivity contribution is 5.78. The SMILES string of the molecule is Cn1cnnc1CNC(=O)CC1CNc2ccccc21. The summed E-state index contributed by atoms with van der Waals surface area (Å²) in [5.41, 5.74) is 2.36. The van der Waals surface area contributed by atoms with Crippen molar-refractivity contribution < 1.29 is 4.79 Å². The largest absolute Gasteiger partial charge is 0.384 e. The first-order chi connectivity index (χ1) is 9.74. The molecule has 0 spiro atoms. The molecule has 0 aliphatic carbocycles. The quantitative estimate of drug-likeness (QED) is 0.871. The summed E-state index contributed by atoms with van der Waals surface area (Å²) in [6.45, 7) is 1.23. The van der Waals surface area contributed by atoms with Gasteiger partial charge < -0.3 is 15.2 Å². The van der Waals surface area contributed by atoms with Gasteiger partial charge in [-0.1, -0.05) is 18.2 Å². The summed E-state index contributed by atoms with van der Waals surface area (Å²) in [6.07, 6.45) is 2.11. The van der Waals surface area contributed by atoms with Crippen LogP contribution < -0.4 is 10.6 Å². The van der Waals surface area contributed by atoms with Crippen molar-refractivity contribution in [1.82, 2.24) is 20.1 Å². The molecule has 6 heteroatoms. The zero-order valence-corrected chi connectivity index (χ0v) is 11.3. The van der Waals surface area contributed by atoms with Gasteiger partial charge in [0.2, 0.25) is 5.91 Å². The van der Waals surface area contributed by atoms with Crippen molar-refractivity contribution in [3.63, 3.8) is 0 Å². The lowest BCUT2D eigenvalue weighted by atomic mass is 9.97. The van der Waals surface area contributed by atoms with Gasteiger partial charge in [0.05, 0.1) is 6.54 Å². The predicted octanol–water partition coefficient (Wildman–Crippen LogP) is 1.03. The number of rotatable bonds is 4. The van der Waals surface area contributed by atoms with Crippen LogP contribution in [0, 0.1) is 0 Å². The smallest absolute Gasteiger partial charge is 0.221 e. The fourth-order valence-corrected chi connectivity index (χ4v) is 2.48. The van der Waals surface area contributed by atoms with Crippen molar-refractivity contribution in [2.75, 3.05) is 11.9 Å². The number of nitrogens with one attached hydrogen (secondary N) is 2. The Morgan fingerprint density at radius 1 is 1.50 bits per heavy atom. The van der Waals surface area contributed by atoms with Gasteiger partial charge in [-0.25, -0.2) is 0 Å². The molecule has 0 radical (unpaired) electrons. The van der Waals surface area contributed by atoms with Gasteiger partial charge in [0.15, 0.2) is 5.82 Å². The third-order valence-corrected chi connectivity index (χ3v) is 3.62. The second kappa shape index (κ2) is 5.32. The Balaban J connectivity index is 1.57. The number of carbonyl (C=O) groups is 1. The Morgan fingerprint density at radius 2 is 2.35 bits per heavy atom. The number of hydrogen-bond donors (Lipinski definition) is 2. The minimum atomic E-state index is 0.0384. The number of carbonyl (C=O) groups excluding carboxylic acids is 1. The average Bonchev–Trinajstić information content (AvgIpc) is 3.04. The normalized spacial score (nSPS) is 16.6. The minimum Gasteiger partial charge on any atom is -0.384 e. The molecule has 1 amide bonds. The monoisotopic (exact) mass is 271 g/mol. The number of amides is 1. The second-order valence-corrected chi connectivity index (χ2v) is 5.00. The molecule has 104 valence electrons. The maximum Gasteiger partial charge on any atom is 0.221 e. The van der Waals surface area contributed by atoms with Gasteiger partial charge in [0.1, 0.15) is 6.33 Å². The number of benzene rings is 1. The van der Waals surface area contributed by atoms with Gasteiger partial charge in [-0.15, -0.1) is 10.2 Å². The van der Waals surface area contributed by atoms with E-state index in [2.05, 4.69) is 26.9 Å². The number of nitrogens with zero attached hydrogens (tertiary/aromatic N) is 3. The zero-order valence-electron chi connectivity index (χ0n) is 11.3. The van der Waals surface area contributed by atoms with E-state index in [1.165, 1.54) is 5.56 Å². The molecule has 1 unspecified atom stereocenters. The molecule has 1 aromatic carbocycles. The van der Waals surface area contributed by atoms with Crippen LogP contribution in [0.4, 0.5) is 5.69 Å². The van der Waals surface area contributed by atoms with Gasteiger partial charge in [-0.2, -0.15) is 0 Å². The molecule has 0 fully saturated rings. The first-order valence-corrected chi connectivity index (χ1v) is 6.66. The van der Waals surface area contributed by atoms with Crippen molar-refractivity contribution >= 4 is 11.6 Å². The van der Waals surface area contributed by atoms with Crippen molar-refractivity contribution in [2.24, 2.45) is 7.05 Å². The van der Waals surface area contributed by atoms with Gasteiger partial charge in [0.25, 0.3) is 0 Å². The van der Waals surface area contributed by atoms with E-state index in [0.29, 0.717) is 13.0 Å². The minimum absolute atomic E-state index is 0.0384. The molecular weight excluding hydrogens is 254 g/mol. The van der Waals surface area contributed by atoms with Crippen LogP contribution in [0.15, 0.2) is 30.6 Å². The molecule has 0 saturated carbocycles. The fourth-order valence-electron chi connectivity index (χ4n) is 2.48. The molecule has 2 heterocycles. The van der Waals surface area contributed by atoms with Crippen LogP contribution >= 0.6 is 0 Å². The van der Waals surface area contributed by atoms with E-state index in [0.717, 1.165) is 18.1 Å². The van der Waals surface area contributed by atoms with Crippen LogP contribution in [0.2, 0.25) is 0 Å². The Hall–Kier alpha value is -2.37. The van der Waals surface area contributed by atoms with Crippen LogP contribution in [0.3, 0.4) is 0 Å². The fraction of sp³-hybridized carbons (Fsp3) is 0.357. The molecule has 6 nitrogen and oxygen atoms in total. The highest BCUT2D eigenvalue weighted by Gasteiger charge is 2.23. The number of aryl methyl sites for hydroxylation is 1. The number of para-hydroxylation sites is 1. The summed E-state index contributed by atoms with van der Waals surface area (Å²) in [5.74, 6) is 1.03. The number of anilines is 1. The Labute approximate surface area is 117 Å². The average molecular weight is 271 g/mol. The van der Waals surface area contributed by atoms with E-state index in [1.807, 2.05) is 25.2 Å². The molecule has 1 aliphatic heterocycles. The predicted molar refractivity (Wildman–Crippen MR) is 75.1 cm³/mol. The van der Waals surface area contributed by atoms with Gasteiger partial charge in [-0.3, -0.25) is 4.79 Å². The van der Waals surface area contributed by atoms with Crippen molar-refractivity contribution in [2.45, 2.75) is 18.9 Å². The molecule has 1 atom stereocenters. The van der Waals surface area contributed by atoms with Crippen LogP contribution in [-0.4, -0.2) is 27.2 Å². The lowest BCUT2D eigenvalue weighted by Crippen LogP contribution is -2.26. The summed E-state index contributed by atoms with van der Waals surface area (Å²) < 4.78 is 1.80. The second-order valence-electron chi connectivity index (χ2n) is 5.00. The van der Waals surface area contributed by atoms with E-state index in [1.54, 1.807) is 10.9 Å². The van der Waals surface area contributed by atoms with Gasteiger partial charge in [-0.05, 0) is 11.6 Å². The summed E-state index contributed by atoms with van der Waals surface area (Å²) >= 11 is 0. The maximum absolute atomic E-state index is 12.0. The van der Waals surface area contributed by atoms with Crippen molar-refractivity contribution in [1.29, 1.82) is 0 Å². The molecule has 3 rings (SSSR count). The number of aromatic nitrogens is 3. The summed E-state index contributed by atoms with van der Waals surface area (Å²) in [7, 11) is 1.86. The molecule has 0 bridgehead atoms. The van der Waals surface area contributed by atoms with Crippen LogP contribution in [0.25, 0.3) is 0 Å². The van der Waals surface area contributed by atoms with E-state index in [-0.39, 0.29) is 11.8 Å². The molecule has 1 aromatic heterocycles. The van der Waals surface area contributed by atoms with E-state index in [4.69, 9.17) is 0 Å². The third-order valence-electron chi connectivity index (χ3n) is 3.62. The van der Waals surface area contributed by atoms with E-state index in [9.17, 15) is 4.79 Å².